The predicted molar refractivity (Wildman–Crippen MR) is 82.0 cm³/mol. The van der Waals surface area contributed by atoms with Gasteiger partial charge in [-0.25, -0.2) is 0 Å². The minimum absolute atomic E-state index is 0.529. The Bertz CT molecular complexity index is 204. The zero-order chi connectivity index (χ0) is 13.4. The van der Waals surface area contributed by atoms with Crippen LogP contribution in [0.25, 0.3) is 0 Å². The number of likely N-dealkylation sites (tertiary alicyclic amines) is 1. The molecule has 0 aromatic heterocycles. The van der Waals surface area contributed by atoms with Gasteiger partial charge in [0, 0.05) is 6.54 Å². The van der Waals surface area contributed by atoms with Gasteiger partial charge in [0.25, 0.3) is 0 Å². The Morgan fingerprint density at radius 2 is 1.78 bits per heavy atom. The third kappa shape index (κ3) is 7.41. The molecule has 18 heavy (non-hydrogen) atoms. The van der Waals surface area contributed by atoms with E-state index in [0.29, 0.717) is 5.41 Å². The quantitative estimate of drug-likeness (QED) is 0.570. The molecular weight excluding hydrogens is 218 g/mol. The summed E-state index contributed by atoms with van der Waals surface area (Å²) >= 11 is 0. The van der Waals surface area contributed by atoms with E-state index in [0.717, 1.165) is 5.92 Å². The third-order valence-corrected chi connectivity index (χ3v) is 4.33. The van der Waals surface area contributed by atoms with Crippen LogP contribution in [0.1, 0.15) is 79.1 Å². The molecule has 108 valence electrons. The first-order chi connectivity index (χ1) is 8.51. The summed E-state index contributed by atoms with van der Waals surface area (Å²) in [6.45, 7) is 13.5. The van der Waals surface area contributed by atoms with Gasteiger partial charge in [0.1, 0.15) is 0 Å². The summed E-state index contributed by atoms with van der Waals surface area (Å²) < 4.78 is 0. The van der Waals surface area contributed by atoms with Crippen molar-refractivity contribution in [2.45, 2.75) is 79.1 Å². The van der Waals surface area contributed by atoms with Crippen LogP contribution in [0.4, 0.5) is 0 Å². The number of rotatable bonds is 7. The molecule has 0 spiro atoms. The van der Waals surface area contributed by atoms with E-state index in [1.165, 1.54) is 71.0 Å². The largest absolute Gasteiger partial charge is 0.303 e. The van der Waals surface area contributed by atoms with Crippen LogP contribution in [0.5, 0.6) is 0 Å². The summed E-state index contributed by atoms with van der Waals surface area (Å²) in [6.07, 6.45) is 11.4. The molecule has 1 aliphatic rings. The van der Waals surface area contributed by atoms with Gasteiger partial charge in [0.05, 0.1) is 0 Å². The molecule has 1 rings (SSSR count). The lowest BCUT2D eigenvalue weighted by atomic mass is 9.89. The average Bonchev–Trinajstić information content (AvgIpc) is 2.32. The Balaban J connectivity index is 1.97. The molecule has 1 heteroatoms. The summed E-state index contributed by atoms with van der Waals surface area (Å²) in [4.78, 5) is 2.71. The molecule has 1 aliphatic heterocycles. The number of piperidine rings is 1. The van der Waals surface area contributed by atoms with Crippen molar-refractivity contribution in [3.8, 4) is 0 Å². The monoisotopic (exact) mass is 253 g/mol. The highest BCUT2D eigenvalue weighted by Crippen LogP contribution is 2.23. The predicted octanol–water partition coefficient (Wildman–Crippen LogP) is 5.11. The molecule has 1 atom stereocenters. The van der Waals surface area contributed by atoms with Crippen molar-refractivity contribution in [1.82, 2.24) is 4.90 Å². The van der Waals surface area contributed by atoms with Crippen LogP contribution < -0.4 is 0 Å². The maximum absolute atomic E-state index is 2.71. The van der Waals surface area contributed by atoms with Crippen molar-refractivity contribution >= 4 is 0 Å². The van der Waals surface area contributed by atoms with Crippen LogP contribution >= 0.6 is 0 Å². The normalized spacial score (nSPS) is 22.3. The van der Waals surface area contributed by atoms with Crippen LogP contribution in [-0.2, 0) is 0 Å². The van der Waals surface area contributed by atoms with Crippen LogP contribution in [-0.4, -0.2) is 24.5 Å². The topological polar surface area (TPSA) is 3.24 Å². The molecule has 0 aliphatic carbocycles. The second-order valence-electron chi connectivity index (χ2n) is 7.44. The highest BCUT2D eigenvalue weighted by Gasteiger charge is 2.17. The van der Waals surface area contributed by atoms with Crippen molar-refractivity contribution in [3.05, 3.63) is 0 Å². The first-order valence-corrected chi connectivity index (χ1v) is 8.23. The highest BCUT2D eigenvalue weighted by atomic mass is 15.1. The van der Waals surface area contributed by atoms with E-state index in [1.54, 1.807) is 0 Å². The standard InChI is InChI=1S/C17H35N/c1-5-16-11-10-14-18(15-16)13-9-7-6-8-12-17(2,3)4/h16H,5-15H2,1-4H3. The van der Waals surface area contributed by atoms with Crippen molar-refractivity contribution in [2.24, 2.45) is 11.3 Å². The lowest BCUT2D eigenvalue weighted by molar-refractivity contribution is 0.168. The molecule has 1 nitrogen and oxygen atoms in total. The van der Waals surface area contributed by atoms with E-state index in [4.69, 9.17) is 0 Å². The van der Waals surface area contributed by atoms with Crippen molar-refractivity contribution < 1.29 is 0 Å². The molecule has 0 aromatic rings. The Hall–Kier alpha value is -0.0400. The summed E-state index contributed by atoms with van der Waals surface area (Å²) in [7, 11) is 0. The molecule has 1 fully saturated rings. The second kappa shape index (κ2) is 8.19. The molecule has 0 amide bonds. The maximum Gasteiger partial charge on any atom is 0.000956 e. The smallest absolute Gasteiger partial charge is 0.000956 e. The van der Waals surface area contributed by atoms with Gasteiger partial charge < -0.3 is 4.90 Å². The zero-order valence-electron chi connectivity index (χ0n) is 13.3. The first-order valence-electron chi connectivity index (χ1n) is 8.23. The summed E-state index contributed by atoms with van der Waals surface area (Å²) in [6, 6.07) is 0. The molecule has 1 saturated heterocycles. The number of hydrogen-bond acceptors (Lipinski definition) is 1. The Morgan fingerprint density at radius 3 is 2.44 bits per heavy atom. The van der Waals surface area contributed by atoms with Gasteiger partial charge >= 0.3 is 0 Å². The summed E-state index contributed by atoms with van der Waals surface area (Å²) in [5.74, 6) is 0.986. The second-order valence-corrected chi connectivity index (χ2v) is 7.44. The van der Waals surface area contributed by atoms with Gasteiger partial charge in [0.2, 0.25) is 0 Å². The van der Waals surface area contributed by atoms with Crippen molar-refractivity contribution in [1.29, 1.82) is 0 Å². The fourth-order valence-electron chi connectivity index (χ4n) is 3.03. The molecule has 0 bridgehead atoms. The lowest BCUT2D eigenvalue weighted by Crippen LogP contribution is -2.35. The van der Waals surface area contributed by atoms with Crippen LogP contribution in [0.2, 0.25) is 0 Å². The fourth-order valence-corrected chi connectivity index (χ4v) is 3.03. The van der Waals surface area contributed by atoms with E-state index >= 15 is 0 Å². The van der Waals surface area contributed by atoms with E-state index in [2.05, 4.69) is 32.6 Å². The SMILES string of the molecule is CCC1CCCN(CCCCCCC(C)(C)C)C1. The van der Waals surface area contributed by atoms with Crippen LogP contribution in [0.3, 0.4) is 0 Å². The van der Waals surface area contributed by atoms with Crippen molar-refractivity contribution in [3.63, 3.8) is 0 Å². The molecule has 1 heterocycles. The minimum Gasteiger partial charge on any atom is -0.303 e. The molecule has 0 saturated carbocycles. The van der Waals surface area contributed by atoms with Gasteiger partial charge in [-0.1, -0.05) is 53.4 Å². The zero-order valence-corrected chi connectivity index (χ0v) is 13.3. The van der Waals surface area contributed by atoms with Gasteiger partial charge in [0.15, 0.2) is 0 Å². The summed E-state index contributed by atoms with van der Waals surface area (Å²) in [5.41, 5.74) is 0.529. The lowest BCUT2D eigenvalue weighted by Gasteiger charge is -2.32. The average molecular weight is 253 g/mol. The summed E-state index contributed by atoms with van der Waals surface area (Å²) in [5, 5.41) is 0. The molecular formula is C17H35N. The molecule has 0 N–H and O–H groups in total. The molecule has 0 radical (unpaired) electrons. The van der Waals surface area contributed by atoms with Crippen molar-refractivity contribution in [2.75, 3.05) is 19.6 Å². The van der Waals surface area contributed by atoms with E-state index in [1.807, 2.05) is 0 Å². The molecule has 0 aromatic carbocycles. The maximum atomic E-state index is 2.71. The van der Waals surface area contributed by atoms with Gasteiger partial charge in [-0.05, 0) is 50.1 Å². The van der Waals surface area contributed by atoms with Crippen LogP contribution in [0.15, 0.2) is 0 Å². The first kappa shape index (κ1) is 16.0. The molecule has 1 unspecified atom stereocenters. The van der Waals surface area contributed by atoms with Gasteiger partial charge in [-0.3, -0.25) is 0 Å². The Morgan fingerprint density at radius 1 is 1.06 bits per heavy atom. The van der Waals surface area contributed by atoms with Gasteiger partial charge in [-0.15, -0.1) is 0 Å². The number of hydrogen-bond donors (Lipinski definition) is 0. The van der Waals surface area contributed by atoms with E-state index in [-0.39, 0.29) is 0 Å². The fraction of sp³-hybridized carbons (Fsp3) is 1.00. The number of unbranched alkanes of at least 4 members (excludes halogenated alkanes) is 3. The minimum atomic E-state index is 0.529. The van der Waals surface area contributed by atoms with E-state index in [9.17, 15) is 0 Å². The number of nitrogens with zero attached hydrogens (tertiary/aromatic N) is 1. The van der Waals surface area contributed by atoms with E-state index < -0.39 is 0 Å². The Kier molecular flexibility index (Phi) is 7.29. The van der Waals surface area contributed by atoms with Gasteiger partial charge in [-0.2, -0.15) is 0 Å². The van der Waals surface area contributed by atoms with Crippen LogP contribution in [0, 0.1) is 11.3 Å². The Labute approximate surface area is 115 Å². The highest BCUT2D eigenvalue weighted by molar-refractivity contribution is 4.71. The third-order valence-electron chi connectivity index (χ3n) is 4.33.